The van der Waals surface area contributed by atoms with Crippen LogP contribution in [-0.2, 0) is 0 Å². The third-order valence-electron chi connectivity index (χ3n) is 5.65. The first kappa shape index (κ1) is 21.1. The fourth-order valence-electron chi connectivity index (χ4n) is 3.85. The number of anilines is 2. The number of urea groups is 1. The smallest absolute Gasteiger partial charge is 0.322 e. The zero-order chi connectivity index (χ0) is 22.8. The van der Waals surface area contributed by atoms with Crippen LogP contribution >= 0.6 is 11.6 Å². The number of rotatable bonds is 4. The molecular weight excluding hydrogens is 440 g/mol. The van der Waals surface area contributed by atoms with E-state index in [-0.39, 0.29) is 6.03 Å². The Labute approximate surface area is 196 Å². The Morgan fingerprint density at radius 3 is 2.48 bits per heavy atom. The lowest BCUT2D eigenvalue weighted by molar-refractivity contribution is 0.208. The van der Waals surface area contributed by atoms with Gasteiger partial charge in [-0.1, -0.05) is 11.6 Å². The van der Waals surface area contributed by atoms with Crippen molar-refractivity contribution in [3.63, 3.8) is 0 Å². The minimum atomic E-state index is -0.111. The number of H-pyrrole nitrogens is 1. The Kier molecular flexibility index (Phi) is 5.75. The predicted octanol–water partition coefficient (Wildman–Crippen LogP) is 5.07. The number of amides is 2. The molecule has 0 aliphatic carbocycles. The van der Waals surface area contributed by atoms with E-state index >= 15 is 0 Å². The summed E-state index contributed by atoms with van der Waals surface area (Å²) in [4.78, 5) is 28.3. The number of carbonyl (C=O) groups is 1. The summed E-state index contributed by atoms with van der Waals surface area (Å²) >= 11 is 6.11. The van der Waals surface area contributed by atoms with Crippen LogP contribution in [0, 0.1) is 6.92 Å². The molecule has 0 bridgehead atoms. The van der Waals surface area contributed by atoms with Gasteiger partial charge < -0.3 is 24.8 Å². The van der Waals surface area contributed by atoms with Crippen molar-refractivity contribution >= 4 is 39.9 Å². The molecule has 0 spiro atoms. The molecule has 0 atom stereocenters. The Morgan fingerprint density at radius 1 is 1.03 bits per heavy atom. The highest BCUT2D eigenvalue weighted by molar-refractivity contribution is 6.31. The van der Waals surface area contributed by atoms with Gasteiger partial charge in [0.1, 0.15) is 11.6 Å². The van der Waals surface area contributed by atoms with E-state index in [4.69, 9.17) is 16.3 Å². The van der Waals surface area contributed by atoms with E-state index in [0.717, 1.165) is 41.1 Å². The predicted molar refractivity (Wildman–Crippen MR) is 129 cm³/mol. The van der Waals surface area contributed by atoms with Crippen molar-refractivity contribution in [3.8, 4) is 11.5 Å². The Bertz CT molecular complexity index is 1260. The maximum Gasteiger partial charge on any atom is 0.322 e. The SMILES string of the molecule is Cc1ncc(Oc2ccc(N3CCN(C(=O)Nc4c[nH]c5ccc(Cl)cc45)CC3)cc2)cn1. The molecule has 8 nitrogen and oxygen atoms in total. The Hall–Kier alpha value is -3.78. The van der Waals surface area contributed by atoms with Gasteiger partial charge in [-0.25, -0.2) is 14.8 Å². The molecule has 33 heavy (non-hydrogen) atoms. The molecule has 1 aliphatic heterocycles. The molecule has 2 N–H and O–H groups in total. The highest BCUT2D eigenvalue weighted by atomic mass is 35.5. The number of ether oxygens (including phenoxy) is 1. The van der Waals surface area contributed by atoms with Crippen molar-refractivity contribution in [2.75, 3.05) is 36.4 Å². The number of nitrogens with one attached hydrogen (secondary N) is 2. The number of nitrogens with zero attached hydrogens (tertiary/aromatic N) is 4. The lowest BCUT2D eigenvalue weighted by Gasteiger charge is -2.36. The van der Waals surface area contributed by atoms with Crippen molar-refractivity contribution in [2.45, 2.75) is 6.92 Å². The number of hydrogen-bond donors (Lipinski definition) is 2. The molecule has 3 heterocycles. The summed E-state index contributed by atoms with van der Waals surface area (Å²) in [5, 5.41) is 4.53. The highest BCUT2D eigenvalue weighted by Gasteiger charge is 2.22. The van der Waals surface area contributed by atoms with Gasteiger partial charge in [0.2, 0.25) is 0 Å². The maximum absolute atomic E-state index is 12.8. The van der Waals surface area contributed by atoms with E-state index in [9.17, 15) is 4.79 Å². The topological polar surface area (TPSA) is 86.4 Å². The molecule has 2 amide bonds. The molecule has 4 aromatic rings. The molecule has 2 aromatic carbocycles. The average molecular weight is 463 g/mol. The lowest BCUT2D eigenvalue weighted by atomic mass is 10.2. The summed E-state index contributed by atoms with van der Waals surface area (Å²) in [5.74, 6) is 2.03. The fourth-order valence-corrected chi connectivity index (χ4v) is 4.02. The van der Waals surface area contributed by atoms with Crippen molar-refractivity contribution in [3.05, 3.63) is 71.9 Å². The Morgan fingerprint density at radius 2 is 1.76 bits per heavy atom. The normalized spacial score (nSPS) is 13.9. The standard InChI is InChI=1S/C24H23ClN6O2/c1-16-26-13-20(14-27-16)33-19-5-3-18(4-6-19)30-8-10-31(11-9-30)24(32)29-23-15-28-22-7-2-17(25)12-21(22)23/h2-7,12-15,28H,8-11H2,1H3,(H,29,32). The zero-order valence-corrected chi connectivity index (χ0v) is 18.8. The summed E-state index contributed by atoms with van der Waals surface area (Å²) in [6.07, 6.45) is 5.11. The molecule has 0 radical (unpaired) electrons. The van der Waals surface area contributed by atoms with Gasteiger partial charge in [-0.2, -0.15) is 0 Å². The van der Waals surface area contributed by atoms with E-state index < -0.39 is 0 Å². The number of hydrogen-bond acceptors (Lipinski definition) is 5. The van der Waals surface area contributed by atoms with Crippen LogP contribution in [0.25, 0.3) is 10.9 Å². The third-order valence-corrected chi connectivity index (χ3v) is 5.88. The first-order valence-corrected chi connectivity index (χ1v) is 11.1. The average Bonchev–Trinajstić information content (AvgIpc) is 3.23. The largest absolute Gasteiger partial charge is 0.454 e. The molecule has 1 fully saturated rings. The van der Waals surface area contributed by atoms with Crippen LogP contribution in [0.2, 0.25) is 5.02 Å². The second kappa shape index (κ2) is 8.99. The molecule has 5 rings (SSSR count). The molecule has 0 unspecified atom stereocenters. The summed E-state index contributed by atoms with van der Waals surface area (Å²) in [5.41, 5.74) is 2.75. The second-order valence-electron chi connectivity index (χ2n) is 7.86. The number of aryl methyl sites for hydroxylation is 1. The highest BCUT2D eigenvalue weighted by Crippen LogP contribution is 2.27. The molecule has 9 heteroatoms. The van der Waals surface area contributed by atoms with E-state index in [0.29, 0.717) is 29.7 Å². The van der Waals surface area contributed by atoms with Crippen LogP contribution in [0.3, 0.4) is 0 Å². The van der Waals surface area contributed by atoms with Gasteiger partial charge in [0, 0.05) is 54.0 Å². The van der Waals surface area contributed by atoms with E-state index in [1.165, 1.54) is 0 Å². The van der Waals surface area contributed by atoms with Gasteiger partial charge in [-0.3, -0.25) is 0 Å². The van der Waals surface area contributed by atoms with Gasteiger partial charge in [0.15, 0.2) is 5.75 Å². The van der Waals surface area contributed by atoms with Gasteiger partial charge in [-0.05, 0) is 49.4 Å². The second-order valence-corrected chi connectivity index (χ2v) is 8.29. The Balaban J connectivity index is 1.17. The first-order chi connectivity index (χ1) is 16.0. The number of benzene rings is 2. The molecule has 2 aromatic heterocycles. The van der Waals surface area contributed by atoms with Crippen molar-refractivity contribution < 1.29 is 9.53 Å². The van der Waals surface area contributed by atoms with E-state index in [2.05, 4.69) is 25.2 Å². The fraction of sp³-hybridized carbons (Fsp3) is 0.208. The van der Waals surface area contributed by atoms with Crippen LogP contribution in [0.5, 0.6) is 11.5 Å². The quantitative estimate of drug-likeness (QED) is 0.442. The number of fused-ring (bicyclic) bond motifs is 1. The van der Waals surface area contributed by atoms with Gasteiger partial charge in [0.25, 0.3) is 0 Å². The third kappa shape index (κ3) is 4.70. The number of carbonyl (C=O) groups excluding carboxylic acids is 1. The van der Waals surface area contributed by atoms with E-state index in [1.807, 2.05) is 54.3 Å². The zero-order valence-electron chi connectivity index (χ0n) is 18.1. The van der Waals surface area contributed by atoms with Gasteiger partial charge in [-0.15, -0.1) is 0 Å². The first-order valence-electron chi connectivity index (χ1n) is 10.7. The minimum Gasteiger partial charge on any atom is -0.454 e. The molecule has 1 aliphatic rings. The van der Waals surface area contributed by atoms with E-state index in [1.54, 1.807) is 18.6 Å². The minimum absolute atomic E-state index is 0.111. The maximum atomic E-state index is 12.8. The van der Waals surface area contributed by atoms with Crippen LogP contribution in [0.4, 0.5) is 16.2 Å². The molecule has 0 saturated carbocycles. The molecule has 168 valence electrons. The van der Waals surface area contributed by atoms with Crippen molar-refractivity contribution in [2.24, 2.45) is 0 Å². The summed E-state index contributed by atoms with van der Waals surface area (Å²) in [6, 6.07) is 13.4. The van der Waals surface area contributed by atoms with Gasteiger partial charge in [0.05, 0.1) is 18.1 Å². The summed E-state index contributed by atoms with van der Waals surface area (Å²) in [7, 11) is 0. The van der Waals surface area contributed by atoms with Crippen LogP contribution in [-0.4, -0.2) is 52.1 Å². The summed E-state index contributed by atoms with van der Waals surface area (Å²) < 4.78 is 5.80. The number of aromatic amines is 1. The summed E-state index contributed by atoms with van der Waals surface area (Å²) in [6.45, 7) is 4.60. The monoisotopic (exact) mass is 462 g/mol. The van der Waals surface area contributed by atoms with Gasteiger partial charge >= 0.3 is 6.03 Å². The van der Waals surface area contributed by atoms with Crippen LogP contribution in [0.15, 0.2) is 61.1 Å². The number of halogens is 1. The number of piperazine rings is 1. The van der Waals surface area contributed by atoms with Crippen molar-refractivity contribution in [1.29, 1.82) is 0 Å². The van der Waals surface area contributed by atoms with Crippen LogP contribution in [0.1, 0.15) is 5.82 Å². The number of aromatic nitrogens is 3. The van der Waals surface area contributed by atoms with Crippen molar-refractivity contribution in [1.82, 2.24) is 19.9 Å². The molecule has 1 saturated heterocycles. The lowest BCUT2D eigenvalue weighted by Crippen LogP contribution is -2.50. The molecular formula is C24H23ClN6O2. The van der Waals surface area contributed by atoms with Crippen LogP contribution < -0.4 is 15.0 Å².